The Morgan fingerprint density at radius 2 is 1.76 bits per heavy atom. The van der Waals surface area contributed by atoms with Gasteiger partial charge in [-0.25, -0.2) is 10.2 Å². The van der Waals surface area contributed by atoms with E-state index < -0.39 is 29.3 Å². The van der Waals surface area contributed by atoms with Gasteiger partial charge >= 0.3 is 12.0 Å². The van der Waals surface area contributed by atoms with E-state index in [2.05, 4.69) is 84.0 Å². The maximum absolute atomic E-state index is 14.8. The van der Waals surface area contributed by atoms with Crippen LogP contribution in [0.1, 0.15) is 77.3 Å². The molecular weight excluding hydrogens is 899 g/mol. The summed E-state index contributed by atoms with van der Waals surface area (Å²) in [5.41, 5.74) is 10.7. The smallest absolute Gasteiger partial charge is 0.320 e. The summed E-state index contributed by atoms with van der Waals surface area (Å²) in [6.45, 7) is 20.6. The Balaban J connectivity index is 1.22. The summed E-state index contributed by atoms with van der Waals surface area (Å²) < 4.78 is 14.4. The number of aromatic nitrogens is 2. The molecule has 2 fully saturated rings. The highest BCUT2D eigenvalue weighted by atomic mass is 16.5. The first-order valence-corrected chi connectivity index (χ1v) is 25.3. The zero-order chi connectivity index (χ0) is 51.1. The van der Waals surface area contributed by atoms with Crippen LogP contribution in [0.4, 0.5) is 4.79 Å². The van der Waals surface area contributed by atoms with Gasteiger partial charge in [0.05, 0.1) is 30.0 Å². The minimum absolute atomic E-state index is 0.136. The third-order valence-electron chi connectivity index (χ3n) is 14.5. The fourth-order valence-corrected chi connectivity index (χ4v) is 10.4. The van der Waals surface area contributed by atoms with Crippen LogP contribution in [0.3, 0.4) is 0 Å². The molecule has 2 saturated heterocycles. The Bertz CT molecular complexity index is 2580. The van der Waals surface area contributed by atoms with Gasteiger partial charge in [-0.1, -0.05) is 64.6 Å². The highest BCUT2D eigenvalue weighted by Crippen LogP contribution is 2.42. The minimum Gasteiger partial charge on any atom is -0.465 e. The van der Waals surface area contributed by atoms with Gasteiger partial charge in [-0.3, -0.25) is 34.1 Å². The van der Waals surface area contributed by atoms with E-state index >= 15 is 0 Å². The van der Waals surface area contributed by atoms with Crippen molar-refractivity contribution in [2.75, 3.05) is 80.2 Å². The number of aryl methyl sites for hydroxylation is 1. The van der Waals surface area contributed by atoms with Gasteiger partial charge in [0.15, 0.2) is 0 Å². The van der Waals surface area contributed by atoms with Crippen LogP contribution >= 0.6 is 0 Å². The van der Waals surface area contributed by atoms with Crippen molar-refractivity contribution in [1.82, 2.24) is 44.9 Å². The second kappa shape index (κ2) is 23.0. The quantitative estimate of drug-likeness (QED) is 0.121. The van der Waals surface area contributed by atoms with E-state index in [4.69, 9.17) is 14.5 Å². The molecule has 0 radical (unpaired) electrons. The number of ether oxygens (including phenoxy) is 2. The SMILES string of the molecule is C=CC(=O)N(C)CCN1CCN(C(=O)N(C)C(C(=O)N[C@H]2Cc3cccc(c3)-c3ccc4c(c3)c(c(-c3cccnc3[C@H](C)OC)n4CC)CC(C)(C)COC(=O)[C@@H]3CCCN(NC3)C2=O)C(C)C)CC1. The lowest BCUT2D eigenvalue weighted by molar-refractivity contribution is -0.152. The van der Waals surface area contributed by atoms with Gasteiger partial charge in [0, 0.05) is 115 Å². The molecular formula is C55H75N9O7. The van der Waals surface area contributed by atoms with Crippen LogP contribution in [0.15, 0.2) is 73.4 Å². The number of benzene rings is 2. The Morgan fingerprint density at radius 1 is 1.01 bits per heavy atom. The van der Waals surface area contributed by atoms with Crippen molar-refractivity contribution in [2.45, 2.75) is 92.0 Å². The first-order chi connectivity index (χ1) is 33.9. The summed E-state index contributed by atoms with van der Waals surface area (Å²) in [7, 11) is 5.09. The minimum atomic E-state index is -1.01. The van der Waals surface area contributed by atoms with Crippen LogP contribution in [-0.2, 0) is 48.0 Å². The normalized spacial score (nSPS) is 19.9. The van der Waals surface area contributed by atoms with Crippen LogP contribution < -0.4 is 10.7 Å². The first kappa shape index (κ1) is 52.7. The molecule has 382 valence electrons. The largest absolute Gasteiger partial charge is 0.465 e. The van der Waals surface area contributed by atoms with Crippen molar-refractivity contribution in [1.29, 1.82) is 0 Å². The number of rotatable bonds is 12. The fraction of sp³-hybridized carbons (Fsp3) is 0.527. The third-order valence-corrected chi connectivity index (χ3v) is 14.5. The van der Waals surface area contributed by atoms with E-state index in [1.54, 1.807) is 37.2 Å². The van der Waals surface area contributed by atoms with Gasteiger partial charge < -0.3 is 34.1 Å². The van der Waals surface area contributed by atoms with E-state index in [1.807, 2.05) is 39.0 Å². The third kappa shape index (κ3) is 12.0. The number of hydrogen-bond acceptors (Lipinski definition) is 10. The molecule has 3 aliphatic heterocycles. The molecule has 5 amide bonds. The summed E-state index contributed by atoms with van der Waals surface area (Å²) in [5, 5.41) is 5.74. The maximum Gasteiger partial charge on any atom is 0.320 e. The molecule has 1 unspecified atom stereocenters. The number of carbonyl (C=O) groups is 5. The summed E-state index contributed by atoms with van der Waals surface area (Å²) in [6.07, 6.45) is 4.71. The molecule has 71 heavy (non-hydrogen) atoms. The highest BCUT2D eigenvalue weighted by Gasteiger charge is 2.38. The molecule has 16 heteroatoms. The lowest BCUT2D eigenvalue weighted by Crippen LogP contribution is -2.61. The van der Waals surface area contributed by atoms with E-state index in [9.17, 15) is 24.0 Å². The first-order valence-electron chi connectivity index (χ1n) is 25.3. The van der Waals surface area contributed by atoms with E-state index in [0.29, 0.717) is 71.6 Å². The number of fused-ring (bicyclic) bond motifs is 7. The van der Waals surface area contributed by atoms with Crippen molar-refractivity contribution in [3.8, 4) is 22.4 Å². The average Bonchev–Trinajstić information content (AvgIpc) is 3.47. The number of nitrogens with one attached hydrogen (secondary N) is 2. The lowest BCUT2D eigenvalue weighted by Gasteiger charge is -2.39. The number of piperazine rings is 1. The molecule has 5 heterocycles. The molecule has 4 atom stereocenters. The van der Waals surface area contributed by atoms with E-state index in [0.717, 1.165) is 50.1 Å². The number of methoxy groups -OCH3 is 1. The van der Waals surface area contributed by atoms with Crippen molar-refractivity contribution >= 4 is 40.6 Å². The number of amides is 5. The predicted octanol–water partition coefficient (Wildman–Crippen LogP) is 6.33. The van der Waals surface area contributed by atoms with E-state index in [1.165, 1.54) is 16.0 Å². The topological polar surface area (TPSA) is 162 Å². The molecule has 7 rings (SSSR count). The molecule has 4 aromatic rings. The molecule has 0 saturated carbocycles. The zero-order valence-corrected chi connectivity index (χ0v) is 43.3. The molecule has 3 aliphatic rings. The molecule has 2 N–H and O–H groups in total. The Morgan fingerprint density at radius 3 is 2.46 bits per heavy atom. The second-order valence-electron chi connectivity index (χ2n) is 20.6. The van der Waals surface area contributed by atoms with Crippen molar-refractivity contribution in [3.05, 3.63) is 90.3 Å². The Hall–Kier alpha value is -6.10. The standard InChI is InChI=1S/C55H75N9O7/c1-11-47(65)59(8)24-25-61-26-28-62(29-27-61)54(69)60(9)49(36(3)4)51(66)58-45-31-38-16-13-17-39(30-38)40-20-21-46-43(32-40)44(50(63(46)12-2)42-19-14-22-56-48(42)37(5)70-10)33-55(6,7)35-71-53(68)41-18-15-23-64(52(45)67)57-34-41/h11,13-14,16-17,19-22,30,32,36-37,41,45,49,57H,1,12,15,18,23-29,31,33-35H2,2-10H3,(H,58,66)/t37-,41+,45-,49?/m0/s1. The lowest BCUT2D eigenvalue weighted by atomic mass is 9.84. The molecule has 0 spiro atoms. The monoisotopic (exact) mass is 974 g/mol. The highest BCUT2D eigenvalue weighted by molar-refractivity contribution is 5.96. The van der Waals surface area contributed by atoms with Gasteiger partial charge in [-0.05, 0) is 91.6 Å². The second-order valence-corrected chi connectivity index (χ2v) is 20.6. The number of urea groups is 1. The van der Waals surface area contributed by atoms with Crippen LogP contribution in [0.2, 0.25) is 0 Å². The van der Waals surface area contributed by atoms with Crippen molar-refractivity contribution < 1.29 is 33.4 Å². The molecule has 0 aliphatic carbocycles. The number of pyridine rings is 1. The summed E-state index contributed by atoms with van der Waals surface area (Å²) in [6, 6.07) is 16.6. The summed E-state index contributed by atoms with van der Waals surface area (Å²) >= 11 is 0. The van der Waals surface area contributed by atoms with Gasteiger partial charge in [-0.2, -0.15) is 0 Å². The van der Waals surface area contributed by atoms with Crippen molar-refractivity contribution in [2.24, 2.45) is 17.3 Å². The number of cyclic esters (lactones) is 1. The Labute approximate surface area is 419 Å². The van der Waals surface area contributed by atoms with Gasteiger partial charge in [-0.15, -0.1) is 0 Å². The van der Waals surface area contributed by atoms with Crippen LogP contribution in [0, 0.1) is 17.3 Å². The predicted molar refractivity (Wildman–Crippen MR) is 276 cm³/mol. The number of hydrazine groups is 1. The van der Waals surface area contributed by atoms with Crippen LogP contribution in [0.25, 0.3) is 33.3 Å². The zero-order valence-electron chi connectivity index (χ0n) is 43.3. The number of hydrogen-bond donors (Lipinski definition) is 2. The van der Waals surface area contributed by atoms with Crippen molar-refractivity contribution in [3.63, 3.8) is 0 Å². The number of likely N-dealkylation sites (N-methyl/N-ethyl adjacent to an activating group) is 2. The summed E-state index contributed by atoms with van der Waals surface area (Å²) in [4.78, 5) is 81.4. The van der Waals surface area contributed by atoms with Gasteiger partial charge in [0.25, 0.3) is 5.91 Å². The van der Waals surface area contributed by atoms with Crippen LogP contribution in [-0.4, -0.2) is 156 Å². The summed E-state index contributed by atoms with van der Waals surface area (Å²) in [5.74, 6) is -1.98. The number of nitrogens with zero attached hydrogens (tertiary/aromatic N) is 7. The Kier molecular flexibility index (Phi) is 17.1. The molecule has 2 aromatic heterocycles. The average molecular weight is 974 g/mol. The van der Waals surface area contributed by atoms with Gasteiger partial charge in [0.1, 0.15) is 12.1 Å². The number of carbonyl (C=O) groups excluding carboxylic acids is 5. The fourth-order valence-electron chi connectivity index (χ4n) is 10.4. The molecule has 2 aromatic carbocycles. The number of esters is 1. The molecule has 6 bridgehead atoms. The van der Waals surface area contributed by atoms with Gasteiger partial charge in [0.2, 0.25) is 11.8 Å². The van der Waals surface area contributed by atoms with E-state index in [-0.39, 0.29) is 55.4 Å². The molecule has 16 nitrogen and oxygen atoms in total. The maximum atomic E-state index is 14.8. The van der Waals surface area contributed by atoms with Crippen LogP contribution in [0.5, 0.6) is 0 Å².